The lowest BCUT2D eigenvalue weighted by Gasteiger charge is -2.19. The van der Waals surface area contributed by atoms with Crippen LogP contribution in [0.25, 0.3) is 0 Å². The predicted octanol–water partition coefficient (Wildman–Crippen LogP) is 2.28. The van der Waals surface area contributed by atoms with E-state index >= 15 is 0 Å². The van der Waals surface area contributed by atoms with E-state index in [9.17, 15) is 0 Å². The molecular weight excluding hydrogens is 201 g/mol. The normalized spacial score (nSPS) is 47.3. The summed E-state index contributed by atoms with van der Waals surface area (Å²) in [6.45, 7) is 4.64. The fourth-order valence-corrected chi connectivity index (χ4v) is 3.24. The Balaban J connectivity index is 1.96. The van der Waals surface area contributed by atoms with Crippen LogP contribution in [-0.2, 0) is 0 Å². The third kappa shape index (κ3) is 1.53. The number of hydrogen-bond acceptors (Lipinski definition) is 1. The lowest BCUT2D eigenvalue weighted by Crippen LogP contribution is -2.19. The maximum Gasteiger partial charge on any atom is 0.0185 e. The summed E-state index contributed by atoms with van der Waals surface area (Å²) in [6.07, 6.45) is 12.7. The van der Waals surface area contributed by atoms with Crippen molar-refractivity contribution >= 4 is 9.24 Å². The van der Waals surface area contributed by atoms with Crippen LogP contribution in [0.2, 0.25) is 0 Å². The van der Waals surface area contributed by atoms with Crippen LogP contribution in [0.3, 0.4) is 0 Å². The van der Waals surface area contributed by atoms with Crippen molar-refractivity contribution in [1.82, 2.24) is 5.32 Å². The Kier molecular flexibility index (Phi) is 2.00. The van der Waals surface area contributed by atoms with Crippen LogP contribution in [0.1, 0.15) is 13.3 Å². The van der Waals surface area contributed by atoms with Crippen molar-refractivity contribution in [3.05, 3.63) is 36.0 Å². The van der Waals surface area contributed by atoms with Gasteiger partial charge in [-0.3, -0.25) is 0 Å². The molecule has 4 unspecified atom stereocenters. The molecule has 2 heteroatoms. The molecule has 1 nitrogen and oxygen atoms in total. The van der Waals surface area contributed by atoms with Crippen molar-refractivity contribution in [3.63, 3.8) is 0 Å². The molecule has 2 fully saturated rings. The van der Waals surface area contributed by atoms with Crippen LogP contribution < -0.4 is 5.32 Å². The fourth-order valence-electron chi connectivity index (χ4n) is 2.95. The third-order valence-electron chi connectivity index (χ3n) is 3.95. The second-order valence-corrected chi connectivity index (χ2v) is 6.62. The quantitative estimate of drug-likeness (QED) is 0.667. The van der Waals surface area contributed by atoms with E-state index in [0.29, 0.717) is 5.41 Å². The predicted molar refractivity (Wildman–Crippen MR) is 67.9 cm³/mol. The summed E-state index contributed by atoms with van der Waals surface area (Å²) in [5.41, 5.74) is 2.03. The molecule has 0 aromatic carbocycles. The minimum atomic E-state index is 0.128. The zero-order chi connectivity index (χ0) is 10.5. The number of rotatable bonds is 1. The standard InChI is InChI=1S/C13H18NP/c1-12(15)5-3-2-4-10(6-12)13-7-11(13)8-14-9-13/h2-6,11,14H,7-9,15H2,1H3. The molecule has 0 radical (unpaired) electrons. The van der Waals surface area contributed by atoms with Crippen molar-refractivity contribution < 1.29 is 0 Å². The van der Waals surface area contributed by atoms with Crippen LogP contribution in [0.15, 0.2) is 36.0 Å². The average Bonchev–Trinajstić information content (AvgIpc) is 2.80. The molecule has 0 spiro atoms. The van der Waals surface area contributed by atoms with Crippen molar-refractivity contribution in [2.75, 3.05) is 13.1 Å². The lowest BCUT2D eigenvalue weighted by molar-refractivity contribution is 0.616. The van der Waals surface area contributed by atoms with Crippen LogP contribution >= 0.6 is 9.24 Å². The van der Waals surface area contributed by atoms with Gasteiger partial charge in [0.2, 0.25) is 0 Å². The molecular formula is C13H18NP. The maximum absolute atomic E-state index is 3.51. The molecule has 3 rings (SSSR count). The SMILES string of the molecule is CC1(P)C=CC=CC(C23CNCC2C3)=C1. The second kappa shape index (κ2) is 3.06. The van der Waals surface area contributed by atoms with E-state index in [1.54, 1.807) is 5.57 Å². The molecule has 0 bridgehead atoms. The lowest BCUT2D eigenvalue weighted by atomic mass is 9.92. The van der Waals surface area contributed by atoms with Gasteiger partial charge in [-0.2, -0.15) is 0 Å². The van der Waals surface area contributed by atoms with Crippen molar-refractivity contribution in [1.29, 1.82) is 0 Å². The number of nitrogens with one attached hydrogen (secondary N) is 1. The molecule has 80 valence electrons. The first-order chi connectivity index (χ1) is 7.12. The smallest absolute Gasteiger partial charge is 0.0185 e. The van der Waals surface area contributed by atoms with E-state index in [1.165, 1.54) is 19.5 Å². The Hall–Kier alpha value is -0.390. The Morgan fingerprint density at radius 2 is 2.33 bits per heavy atom. The Bertz CT molecular complexity index is 378. The fraction of sp³-hybridized carbons (Fsp3) is 0.538. The van der Waals surface area contributed by atoms with Gasteiger partial charge in [0.25, 0.3) is 0 Å². The summed E-state index contributed by atoms with van der Waals surface area (Å²) in [6, 6.07) is 0. The van der Waals surface area contributed by atoms with Gasteiger partial charge in [-0.1, -0.05) is 30.4 Å². The summed E-state index contributed by atoms with van der Waals surface area (Å²) in [7, 11) is 2.94. The largest absolute Gasteiger partial charge is 0.316 e. The molecule has 3 aliphatic rings. The van der Waals surface area contributed by atoms with Crippen LogP contribution in [0, 0.1) is 11.3 Å². The number of piperidine rings is 1. The zero-order valence-corrected chi connectivity index (χ0v) is 10.3. The first-order valence-corrected chi connectivity index (χ1v) is 6.29. The summed E-state index contributed by atoms with van der Waals surface area (Å²) in [5, 5.41) is 3.63. The van der Waals surface area contributed by atoms with Gasteiger partial charge in [0.05, 0.1) is 0 Å². The molecule has 4 atom stereocenters. The maximum atomic E-state index is 3.51. The molecule has 0 aromatic rings. The molecule has 1 heterocycles. The van der Waals surface area contributed by atoms with Crippen LogP contribution in [0.5, 0.6) is 0 Å². The van der Waals surface area contributed by atoms with Crippen LogP contribution in [0.4, 0.5) is 0 Å². The van der Waals surface area contributed by atoms with Gasteiger partial charge in [-0.05, 0) is 31.4 Å². The van der Waals surface area contributed by atoms with E-state index in [-0.39, 0.29) is 5.16 Å². The molecule has 0 aromatic heterocycles. The second-order valence-electron chi connectivity index (χ2n) is 5.37. The van der Waals surface area contributed by atoms with Gasteiger partial charge in [0.1, 0.15) is 0 Å². The van der Waals surface area contributed by atoms with Gasteiger partial charge in [0.15, 0.2) is 0 Å². The van der Waals surface area contributed by atoms with Crippen molar-refractivity contribution in [2.45, 2.75) is 18.5 Å². The summed E-state index contributed by atoms with van der Waals surface area (Å²) in [4.78, 5) is 0. The molecule has 15 heavy (non-hydrogen) atoms. The molecule has 1 N–H and O–H groups in total. The van der Waals surface area contributed by atoms with E-state index in [2.05, 4.69) is 51.9 Å². The first kappa shape index (κ1) is 9.81. The summed E-state index contributed by atoms with van der Waals surface area (Å²) >= 11 is 0. The minimum absolute atomic E-state index is 0.128. The van der Waals surface area contributed by atoms with Gasteiger partial charge in [-0.25, -0.2) is 0 Å². The van der Waals surface area contributed by atoms with Crippen molar-refractivity contribution in [2.24, 2.45) is 11.3 Å². The average molecular weight is 219 g/mol. The number of allylic oxidation sites excluding steroid dienone is 5. The molecule has 1 saturated heterocycles. The monoisotopic (exact) mass is 219 g/mol. The Morgan fingerprint density at radius 1 is 1.47 bits per heavy atom. The molecule has 1 saturated carbocycles. The number of hydrogen-bond donors (Lipinski definition) is 1. The summed E-state index contributed by atoms with van der Waals surface area (Å²) < 4.78 is 0. The van der Waals surface area contributed by atoms with E-state index in [4.69, 9.17) is 0 Å². The third-order valence-corrected chi connectivity index (χ3v) is 4.31. The van der Waals surface area contributed by atoms with Crippen LogP contribution in [-0.4, -0.2) is 18.2 Å². The first-order valence-electron chi connectivity index (χ1n) is 5.71. The highest BCUT2D eigenvalue weighted by molar-refractivity contribution is 7.19. The zero-order valence-electron chi connectivity index (χ0n) is 9.16. The molecule has 1 aliphatic heterocycles. The summed E-state index contributed by atoms with van der Waals surface area (Å²) in [5.74, 6) is 0.896. The topological polar surface area (TPSA) is 12.0 Å². The van der Waals surface area contributed by atoms with E-state index < -0.39 is 0 Å². The Morgan fingerprint density at radius 3 is 3.00 bits per heavy atom. The highest BCUT2D eigenvalue weighted by Gasteiger charge is 2.58. The molecule has 0 amide bonds. The van der Waals surface area contributed by atoms with Gasteiger partial charge in [-0.15, -0.1) is 9.24 Å². The van der Waals surface area contributed by atoms with Gasteiger partial charge < -0.3 is 5.32 Å². The Labute approximate surface area is 93.9 Å². The highest BCUT2D eigenvalue weighted by atomic mass is 31.0. The van der Waals surface area contributed by atoms with Crippen molar-refractivity contribution in [3.8, 4) is 0 Å². The van der Waals surface area contributed by atoms with E-state index in [0.717, 1.165) is 5.92 Å². The minimum Gasteiger partial charge on any atom is -0.316 e. The van der Waals surface area contributed by atoms with Gasteiger partial charge >= 0.3 is 0 Å². The highest BCUT2D eigenvalue weighted by Crippen LogP contribution is 2.60. The number of fused-ring (bicyclic) bond motifs is 1. The molecule has 2 aliphatic carbocycles. The van der Waals surface area contributed by atoms with E-state index in [1.807, 2.05) is 0 Å². The van der Waals surface area contributed by atoms with Gasteiger partial charge in [0, 0.05) is 17.1 Å².